The zero-order valence-electron chi connectivity index (χ0n) is 12.4. The number of aliphatic hydroxyl groups is 1. The Morgan fingerprint density at radius 1 is 1.40 bits per heavy atom. The van der Waals surface area contributed by atoms with E-state index < -0.39 is 0 Å². The molecule has 5 heteroatoms. The number of nitrogens with one attached hydrogen (secondary N) is 1. The number of rotatable bonds is 7. The molecule has 0 fully saturated rings. The van der Waals surface area contributed by atoms with Crippen LogP contribution in [0.15, 0.2) is 24.3 Å². The number of amides is 2. The third kappa shape index (κ3) is 4.83. The number of hydrogen-bond donors (Lipinski definition) is 2. The van der Waals surface area contributed by atoms with Crippen molar-refractivity contribution in [2.45, 2.75) is 33.0 Å². The molecule has 5 nitrogen and oxygen atoms in total. The van der Waals surface area contributed by atoms with Crippen LogP contribution in [-0.4, -0.2) is 42.3 Å². The van der Waals surface area contributed by atoms with Crippen LogP contribution in [-0.2, 0) is 17.9 Å². The number of likely N-dealkylation sites (N-methyl/N-ethyl adjacent to an activating group) is 1. The number of aliphatic hydroxyl groups excluding tert-OH is 1. The molecule has 1 aromatic rings. The molecular formula is C15H24N2O3. The Morgan fingerprint density at radius 3 is 2.65 bits per heavy atom. The number of urea groups is 1. The van der Waals surface area contributed by atoms with Crippen LogP contribution in [0.2, 0.25) is 0 Å². The number of nitrogens with zero attached hydrogens (tertiary/aromatic N) is 1. The fourth-order valence-electron chi connectivity index (χ4n) is 1.70. The van der Waals surface area contributed by atoms with Gasteiger partial charge in [0.05, 0.1) is 19.3 Å². The Balaban J connectivity index is 2.58. The van der Waals surface area contributed by atoms with Crippen molar-refractivity contribution in [2.24, 2.45) is 0 Å². The van der Waals surface area contributed by atoms with Crippen molar-refractivity contribution in [3.05, 3.63) is 35.4 Å². The fourth-order valence-corrected chi connectivity index (χ4v) is 1.70. The van der Waals surface area contributed by atoms with Gasteiger partial charge in [0.25, 0.3) is 0 Å². The van der Waals surface area contributed by atoms with Gasteiger partial charge in [-0.25, -0.2) is 4.79 Å². The molecule has 0 aliphatic carbocycles. The monoisotopic (exact) mass is 280 g/mol. The molecule has 0 heterocycles. The lowest BCUT2D eigenvalue weighted by atomic mass is 10.1. The van der Waals surface area contributed by atoms with Gasteiger partial charge in [-0.15, -0.1) is 0 Å². The highest BCUT2D eigenvalue weighted by molar-refractivity contribution is 5.74. The first-order valence-corrected chi connectivity index (χ1v) is 6.86. The molecule has 0 saturated carbocycles. The van der Waals surface area contributed by atoms with Crippen LogP contribution in [0, 0.1) is 0 Å². The van der Waals surface area contributed by atoms with Crippen molar-refractivity contribution in [1.82, 2.24) is 10.2 Å². The molecular weight excluding hydrogens is 256 g/mol. The number of carbonyl (C=O) groups excluding carboxylic acids is 1. The lowest BCUT2D eigenvalue weighted by molar-refractivity contribution is 0.133. The standard InChI is InChI=1S/C15H24N2O3/c1-4-20-11-14-8-6-5-7-13(14)9-16-15(19)17(3)12(2)10-18/h5-8,12,18H,4,9-11H2,1-3H3,(H,16,19). The highest BCUT2D eigenvalue weighted by Crippen LogP contribution is 2.10. The normalized spacial score (nSPS) is 12.0. The second-order valence-electron chi connectivity index (χ2n) is 4.71. The number of benzene rings is 1. The molecule has 1 atom stereocenters. The maximum Gasteiger partial charge on any atom is 0.317 e. The third-order valence-electron chi connectivity index (χ3n) is 3.26. The highest BCUT2D eigenvalue weighted by atomic mass is 16.5. The SMILES string of the molecule is CCOCc1ccccc1CNC(=O)N(C)C(C)CO. The topological polar surface area (TPSA) is 61.8 Å². The molecule has 0 saturated heterocycles. The van der Waals surface area contributed by atoms with Gasteiger partial charge in [0.2, 0.25) is 0 Å². The Morgan fingerprint density at radius 2 is 2.05 bits per heavy atom. The summed E-state index contributed by atoms with van der Waals surface area (Å²) in [7, 11) is 1.67. The molecule has 0 aromatic heterocycles. The fraction of sp³-hybridized carbons (Fsp3) is 0.533. The van der Waals surface area contributed by atoms with Crippen molar-refractivity contribution in [3.63, 3.8) is 0 Å². The van der Waals surface area contributed by atoms with Gasteiger partial charge in [0.15, 0.2) is 0 Å². The minimum absolute atomic E-state index is 0.0507. The first-order valence-electron chi connectivity index (χ1n) is 6.86. The van der Waals surface area contributed by atoms with Gasteiger partial charge in [-0.1, -0.05) is 24.3 Å². The van der Waals surface area contributed by atoms with Crippen LogP contribution < -0.4 is 5.32 Å². The van der Waals surface area contributed by atoms with E-state index in [9.17, 15) is 4.79 Å². The van der Waals surface area contributed by atoms with Crippen LogP contribution in [0.5, 0.6) is 0 Å². The lowest BCUT2D eigenvalue weighted by Gasteiger charge is -2.23. The van der Waals surface area contributed by atoms with E-state index in [0.717, 1.165) is 11.1 Å². The van der Waals surface area contributed by atoms with Gasteiger partial charge < -0.3 is 20.1 Å². The summed E-state index contributed by atoms with van der Waals surface area (Å²) >= 11 is 0. The van der Waals surface area contributed by atoms with E-state index in [4.69, 9.17) is 9.84 Å². The van der Waals surface area contributed by atoms with Gasteiger partial charge in [0.1, 0.15) is 0 Å². The van der Waals surface area contributed by atoms with E-state index in [2.05, 4.69) is 5.32 Å². The predicted octanol–water partition coefficient (Wildman–Crippen LogP) is 1.75. The van der Waals surface area contributed by atoms with Crippen LogP contribution in [0.25, 0.3) is 0 Å². The van der Waals surface area contributed by atoms with Crippen molar-refractivity contribution >= 4 is 6.03 Å². The van der Waals surface area contributed by atoms with E-state index in [1.54, 1.807) is 14.0 Å². The predicted molar refractivity (Wildman–Crippen MR) is 78.3 cm³/mol. The van der Waals surface area contributed by atoms with E-state index in [1.807, 2.05) is 31.2 Å². The summed E-state index contributed by atoms with van der Waals surface area (Å²) in [6, 6.07) is 7.48. The van der Waals surface area contributed by atoms with Crippen molar-refractivity contribution < 1.29 is 14.6 Å². The summed E-state index contributed by atoms with van der Waals surface area (Å²) in [5, 5.41) is 11.9. The molecule has 2 N–H and O–H groups in total. The number of ether oxygens (including phenoxy) is 1. The van der Waals surface area contributed by atoms with E-state index in [1.165, 1.54) is 4.90 Å². The molecule has 0 bridgehead atoms. The van der Waals surface area contributed by atoms with Crippen molar-refractivity contribution in [3.8, 4) is 0 Å². The van der Waals surface area contributed by atoms with E-state index >= 15 is 0 Å². The zero-order chi connectivity index (χ0) is 15.0. The van der Waals surface area contributed by atoms with Crippen LogP contribution in [0.4, 0.5) is 4.79 Å². The minimum Gasteiger partial charge on any atom is -0.394 e. The summed E-state index contributed by atoms with van der Waals surface area (Å²) in [6.07, 6.45) is 0. The summed E-state index contributed by atoms with van der Waals surface area (Å²) in [5.74, 6) is 0. The average Bonchev–Trinajstić information content (AvgIpc) is 2.49. The minimum atomic E-state index is -0.200. The maximum absolute atomic E-state index is 11.9. The largest absolute Gasteiger partial charge is 0.394 e. The molecule has 1 rings (SSSR count). The summed E-state index contributed by atoms with van der Waals surface area (Å²) in [6.45, 7) is 5.36. The maximum atomic E-state index is 11.9. The van der Waals surface area contributed by atoms with E-state index in [0.29, 0.717) is 19.8 Å². The number of hydrogen-bond acceptors (Lipinski definition) is 3. The Bertz CT molecular complexity index is 423. The highest BCUT2D eigenvalue weighted by Gasteiger charge is 2.14. The van der Waals surface area contributed by atoms with Crippen LogP contribution in [0.3, 0.4) is 0 Å². The Kier molecular flexibility index (Phi) is 7.04. The molecule has 112 valence electrons. The molecule has 20 heavy (non-hydrogen) atoms. The molecule has 0 aliphatic heterocycles. The molecule has 1 unspecified atom stereocenters. The first kappa shape index (κ1) is 16.5. The number of carbonyl (C=O) groups is 1. The second-order valence-corrected chi connectivity index (χ2v) is 4.71. The molecule has 0 spiro atoms. The van der Waals surface area contributed by atoms with Gasteiger partial charge >= 0.3 is 6.03 Å². The summed E-state index contributed by atoms with van der Waals surface area (Å²) in [5.41, 5.74) is 2.12. The van der Waals surface area contributed by atoms with Crippen LogP contribution >= 0.6 is 0 Å². The summed E-state index contributed by atoms with van der Waals surface area (Å²) in [4.78, 5) is 13.4. The van der Waals surface area contributed by atoms with Gasteiger partial charge in [-0.05, 0) is 25.0 Å². The first-order chi connectivity index (χ1) is 9.60. The quantitative estimate of drug-likeness (QED) is 0.800. The molecule has 0 radical (unpaired) electrons. The molecule has 2 amide bonds. The van der Waals surface area contributed by atoms with Crippen LogP contribution in [0.1, 0.15) is 25.0 Å². The van der Waals surface area contributed by atoms with Gasteiger partial charge in [0, 0.05) is 20.2 Å². The van der Waals surface area contributed by atoms with Crippen molar-refractivity contribution in [1.29, 1.82) is 0 Å². The van der Waals surface area contributed by atoms with Crippen molar-refractivity contribution in [2.75, 3.05) is 20.3 Å². The Hall–Kier alpha value is -1.59. The smallest absolute Gasteiger partial charge is 0.317 e. The summed E-state index contributed by atoms with van der Waals surface area (Å²) < 4.78 is 5.41. The average molecular weight is 280 g/mol. The second kappa shape index (κ2) is 8.55. The van der Waals surface area contributed by atoms with Gasteiger partial charge in [-0.2, -0.15) is 0 Å². The Labute approximate surface area is 120 Å². The van der Waals surface area contributed by atoms with Gasteiger partial charge in [-0.3, -0.25) is 0 Å². The molecule has 1 aromatic carbocycles. The van der Waals surface area contributed by atoms with E-state index in [-0.39, 0.29) is 18.7 Å². The zero-order valence-corrected chi connectivity index (χ0v) is 12.4. The third-order valence-corrected chi connectivity index (χ3v) is 3.26. The molecule has 0 aliphatic rings. The lowest BCUT2D eigenvalue weighted by Crippen LogP contribution is -2.43.